The number of carbonyl (C=O) groups is 1. The van der Waals surface area contributed by atoms with Gasteiger partial charge in [0, 0.05) is 19.7 Å². The number of ether oxygens (including phenoxy) is 2. The molecule has 1 saturated heterocycles. The number of amides is 1. The Labute approximate surface area is 128 Å². The fourth-order valence-electron chi connectivity index (χ4n) is 3.32. The van der Waals surface area contributed by atoms with Gasteiger partial charge in [-0.1, -0.05) is 13.3 Å². The molecule has 5 nitrogen and oxygen atoms in total. The molecule has 2 fully saturated rings. The van der Waals surface area contributed by atoms with Crippen molar-refractivity contribution in [1.82, 2.24) is 10.2 Å². The summed E-state index contributed by atoms with van der Waals surface area (Å²) in [6.07, 6.45) is 3.61. The summed E-state index contributed by atoms with van der Waals surface area (Å²) in [6.45, 7) is 9.24. The number of likely N-dealkylation sites (tertiary alicyclic amines) is 1. The molecule has 1 saturated carbocycles. The summed E-state index contributed by atoms with van der Waals surface area (Å²) >= 11 is 0. The van der Waals surface area contributed by atoms with Crippen molar-refractivity contribution in [2.75, 3.05) is 20.2 Å². The molecule has 2 rings (SSSR count). The first-order valence-electron chi connectivity index (χ1n) is 8.07. The van der Waals surface area contributed by atoms with Crippen LogP contribution in [-0.2, 0) is 9.47 Å². The van der Waals surface area contributed by atoms with Crippen LogP contribution < -0.4 is 5.32 Å². The van der Waals surface area contributed by atoms with E-state index < -0.39 is 5.60 Å². The third-order valence-electron chi connectivity index (χ3n) is 4.51. The predicted molar refractivity (Wildman–Crippen MR) is 82.3 cm³/mol. The highest BCUT2D eigenvalue weighted by Gasteiger charge is 2.39. The zero-order valence-electron chi connectivity index (χ0n) is 14.0. The van der Waals surface area contributed by atoms with Gasteiger partial charge in [0.1, 0.15) is 5.60 Å². The van der Waals surface area contributed by atoms with Gasteiger partial charge in [0.2, 0.25) is 0 Å². The standard InChI is InChI=1S/C16H30N2O3/c1-11-7-6-8-12(11)17-13-9-18(10-14(13)20-5)15(19)21-16(2,3)4/h11-14,17H,6-10H2,1-5H3/t11?,12?,13?,14-/m0/s1. The summed E-state index contributed by atoms with van der Waals surface area (Å²) in [5.74, 6) is 0.707. The lowest BCUT2D eigenvalue weighted by molar-refractivity contribution is 0.0252. The zero-order valence-corrected chi connectivity index (χ0v) is 14.0. The Bertz CT molecular complexity index is 367. The van der Waals surface area contributed by atoms with Crippen molar-refractivity contribution in [2.45, 2.75) is 70.7 Å². The monoisotopic (exact) mass is 298 g/mol. The molecule has 122 valence electrons. The lowest BCUT2D eigenvalue weighted by Gasteiger charge is -2.26. The van der Waals surface area contributed by atoms with Gasteiger partial charge in [-0.3, -0.25) is 0 Å². The average molecular weight is 298 g/mol. The third-order valence-corrected chi connectivity index (χ3v) is 4.51. The minimum atomic E-state index is -0.453. The first-order chi connectivity index (χ1) is 9.80. The third kappa shape index (κ3) is 4.33. The van der Waals surface area contributed by atoms with Crippen LogP contribution in [0.5, 0.6) is 0 Å². The number of carbonyl (C=O) groups excluding carboxylic acids is 1. The lowest BCUT2D eigenvalue weighted by atomic mass is 10.0. The van der Waals surface area contributed by atoms with Gasteiger partial charge in [0.05, 0.1) is 18.7 Å². The Morgan fingerprint density at radius 1 is 1.19 bits per heavy atom. The molecule has 5 heteroatoms. The van der Waals surface area contributed by atoms with E-state index in [1.807, 2.05) is 20.8 Å². The van der Waals surface area contributed by atoms with Crippen LogP contribution in [0.2, 0.25) is 0 Å². The quantitative estimate of drug-likeness (QED) is 0.869. The Balaban J connectivity index is 1.92. The van der Waals surface area contributed by atoms with Crippen molar-refractivity contribution in [2.24, 2.45) is 5.92 Å². The van der Waals surface area contributed by atoms with E-state index in [0.29, 0.717) is 25.0 Å². The fraction of sp³-hybridized carbons (Fsp3) is 0.938. The lowest BCUT2D eigenvalue weighted by Crippen LogP contribution is -2.47. The van der Waals surface area contributed by atoms with Crippen LogP contribution in [0.1, 0.15) is 47.0 Å². The summed E-state index contributed by atoms with van der Waals surface area (Å²) in [5, 5.41) is 3.70. The normalized spacial score (nSPS) is 33.5. The smallest absolute Gasteiger partial charge is 0.410 e. The molecule has 0 radical (unpaired) electrons. The maximum atomic E-state index is 12.2. The van der Waals surface area contributed by atoms with Crippen molar-refractivity contribution in [1.29, 1.82) is 0 Å². The number of nitrogens with one attached hydrogen (secondary N) is 1. The second-order valence-corrected chi connectivity index (χ2v) is 7.45. The molecule has 1 heterocycles. The summed E-state index contributed by atoms with van der Waals surface area (Å²) < 4.78 is 11.0. The van der Waals surface area contributed by atoms with Crippen molar-refractivity contribution < 1.29 is 14.3 Å². The number of nitrogens with zero attached hydrogens (tertiary/aromatic N) is 1. The van der Waals surface area contributed by atoms with Gasteiger partial charge < -0.3 is 19.7 Å². The van der Waals surface area contributed by atoms with Gasteiger partial charge in [-0.2, -0.15) is 0 Å². The maximum absolute atomic E-state index is 12.2. The molecule has 21 heavy (non-hydrogen) atoms. The van der Waals surface area contributed by atoms with Gasteiger partial charge in [0.25, 0.3) is 0 Å². The second kappa shape index (κ2) is 6.53. The summed E-state index contributed by atoms with van der Waals surface area (Å²) in [4.78, 5) is 14.0. The van der Waals surface area contributed by atoms with E-state index in [1.165, 1.54) is 19.3 Å². The number of methoxy groups -OCH3 is 1. The number of hydrogen-bond donors (Lipinski definition) is 1. The average Bonchev–Trinajstić information content (AvgIpc) is 2.95. The van der Waals surface area contributed by atoms with Crippen LogP contribution >= 0.6 is 0 Å². The Kier molecular flexibility index (Phi) is 5.15. The molecule has 2 aliphatic rings. The van der Waals surface area contributed by atoms with Crippen LogP contribution in [-0.4, -0.2) is 55.0 Å². The Morgan fingerprint density at radius 2 is 1.90 bits per heavy atom. The highest BCUT2D eigenvalue weighted by atomic mass is 16.6. The molecule has 0 aromatic carbocycles. The minimum absolute atomic E-state index is 0.0466. The SMILES string of the molecule is CO[C@H]1CN(C(=O)OC(C)(C)C)CC1NC1CCCC1C. The van der Waals surface area contributed by atoms with Crippen molar-refractivity contribution >= 4 is 6.09 Å². The van der Waals surface area contributed by atoms with E-state index in [2.05, 4.69) is 12.2 Å². The topological polar surface area (TPSA) is 50.8 Å². The molecule has 1 aliphatic carbocycles. The highest BCUT2D eigenvalue weighted by Crippen LogP contribution is 2.27. The van der Waals surface area contributed by atoms with Gasteiger partial charge in [-0.15, -0.1) is 0 Å². The molecule has 0 aromatic rings. The summed E-state index contributed by atoms with van der Waals surface area (Å²) in [6, 6.07) is 0.749. The summed E-state index contributed by atoms with van der Waals surface area (Å²) in [5.41, 5.74) is -0.453. The second-order valence-electron chi connectivity index (χ2n) is 7.45. The van der Waals surface area contributed by atoms with Gasteiger partial charge in [0.15, 0.2) is 0 Å². The highest BCUT2D eigenvalue weighted by molar-refractivity contribution is 5.68. The van der Waals surface area contributed by atoms with Gasteiger partial charge in [-0.05, 0) is 39.5 Å². The first kappa shape index (κ1) is 16.6. The zero-order chi connectivity index (χ0) is 15.6. The first-order valence-corrected chi connectivity index (χ1v) is 8.07. The molecular weight excluding hydrogens is 268 g/mol. The van der Waals surface area contributed by atoms with Crippen molar-refractivity contribution in [3.05, 3.63) is 0 Å². The van der Waals surface area contributed by atoms with E-state index in [9.17, 15) is 4.79 Å². The van der Waals surface area contributed by atoms with Gasteiger partial charge >= 0.3 is 6.09 Å². The Hall–Kier alpha value is -0.810. The Morgan fingerprint density at radius 3 is 2.43 bits per heavy atom. The molecule has 1 aliphatic heterocycles. The molecule has 0 bridgehead atoms. The van der Waals surface area contributed by atoms with Crippen molar-refractivity contribution in [3.8, 4) is 0 Å². The van der Waals surface area contributed by atoms with E-state index >= 15 is 0 Å². The van der Waals surface area contributed by atoms with Crippen LogP contribution in [0.25, 0.3) is 0 Å². The van der Waals surface area contributed by atoms with E-state index in [0.717, 1.165) is 0 Å². The van der Waals surface area contributed by atoms with Crippen LogP contribution in [0, 0.1) is 5.92 Å². The van der Waals surface area contributed by atoms with Crippen molar-refractivity contribution in [3.63, 3.8) is 0 Å². The molecular formula is C16H30N2O3. The van der Waals surface area contributed by atoms with E-state index in [-0.39, 0.29) is 18.2 Å². The van der Waals surface area contributed by atoms with E-state index in [1.54, 1.807) is 12.0 Å². The molecule has 1 N–H and O–H groups in total. The van der Waals surface area contributed by atoms with E-state index in [4.69, 9.17) is 9.47 Å². The fourth-order valence-corrected chi connectivity index (χ4v) is 3.32. The molecule has 4 atom stereocenters. The maximum Gasteiger partial charge on any atom is 0.410 e. The molecule has 0 aromatic heterocycles. The van der Waals surface area contributed by atoms with Gasteiger partial charge in [-0.25, -0.2) is 4.79 Å². The minimum Gasteiger partial charge on any atom is -0.444 e. The van der Waals surface area contributed by atoms with Crippen LogP contribution in [0.15, 0.2) is 0 Å². The number of hydrogen-bond acceptors (Lipinski definition) is 4. The van der Waals surface area contributed by atoms with Crippen LogP contribution in [0.4, 0.5) is 4.79 Å². The van der Waals surface area contributed by atoms with Crippen LogP contribution in [0.3, 0.4) is 0 Å². The number of rotatable bonds is 3. The molecule has 0 spiro atoms. The largest absolute Gasteiger partial charge is 0.444 e. The predicted octanol–water partition coefficient (Wildman–Crippen LogP) is 2.40. The summed E-state index contributed by atoms with van der Waals surface area (Å²) in [7, 11) is 1.72. The molecule has 1 amide bonds. The molecule has 3 unspecified atom stereocenters.